The van der Waals surface area contributed by atoms with Crippen LogP contribution in [0, 0.1) is 52.3 Å². The van der Waals surface area contributed by atoms with Crippen LogP contribution in [0.1, 0.15) is 98.8 Å². The number of hydrogen-bond donors (Lipinski definition) is 3. The molecule has 0 bridgehead atoms. The van der Waals surface area contributed by atoms with Crippen molar-refractivity contribution in [3.8, 4) is 0 Å². The molecule has 4 saturated carbocycles. The Morgan fingerprint density at radius 3 is 2.30 bits per heavy atom. The highest BCUT2D eigenvalue weighted by molar-refractivity contribution is 5.14. The molecular weight excluding hydrogens is 372 g/mol. The minimum atomic E-state index is -0.259. The topological polar surface area (TPSA) is 60.7 Å². The van der Waals surface area contributed by atoms with Gasteiger partial charge in [0.25, 0.3) is 0 Å². The molecule has 4 rings (SSSR count). The average Bonchev–Trinajstić information content (AvgIpc) is 3.02. The highest BCUT2D eigenvalue weighted by atomic mass is 16.3. The number of hydrogen-bond acceptors (Lipinski definition) is 3. The van der Waals surface area contributed by atoms with Crippen molar-refractivity contribution in [3.05, 3.63) is 0 Å². The van der Waals surface area contributed by atoms with Crippen LogP contribution in [0.25, 0.3) is 0 Å². The van der Waals surface area contributed by atoms with Gasteiger partial charge in [0.15, 0.2) is 0 Å². The first-order valence-corrected chi connectivity index (χ1v) is 13.1. The summed E-state index contributed by atoms with van der Waals surface area (Å²) >= 11 is 0. The molecule has 30 heavy (non-hydrogen) atoms. The van der Waals surface area contributed by atoms with Crippen LogP contribution in [-0.4, -0.2) is 33.6 Å². The number of aliphatic hydroxyl groups is 3. The van der Waals surface area contributed by atoms with Crippen molar-refractivity contribution in [1.82, 2.24) is 0 Å². The summed E-state index contributed by atoms with van der Waals surface area (Å²) in [4.78, 5) is 0. The van der Waals surface area contributed by atoms with Gasteiger partial charge in [-0.05, 0) is 97.2 Å². The molecule has 4 aliphatic rings. The van der Waals surface area contributed by atoms with E-state index in [-0.39, 0.29) is 29.1 Å². The summed E-state index contributed by atoms with van der Waals surface area (Å²) in [6, 6.07) is 0. The molecule has 0 aromatic rings. The summed E-state index contributed by atoms with van der Waals surface area (Å²) in [6.07, 6.45) is 10.0. The van der Waals surface area contributed by atoms with Crippen molar-refractivity contribution in [2.75, 3.05) is 0 Å². The maximum atomic E-state index is 11.6. The van der Waals surface area contributed by atoms with E-state index in [0.29, 0.717) is 35.5 Å². The monoisotopic (exact) mass is 420 g/mol. The van der Waals surface area contributed by atoms with E-state index < -0.39 is 0 Å². The second-order valence-corrected chi connectivity index (χ2v) is 12.8. The van der Waals surface area contributed by atoms with E-state index in [2.05, 4.69) is 34.6 Å². The summed E-state index contributed by atoms with van der Waals surface area (Å²) in [7, 11) is 0. The van der Waals surface area contributed by atoms with Crippen LogP contribution in [0.4, 0.5) is 0 Å². The maximum Gasteiger partial charge on any atom is 0.0602 e. The molecule has 4 fully saturated rings. The lowest BCUT2D eigenvalue weighted by atomic mass is 9.43. The minimum absolute atomic E-state index is 0.0449. The molecule has 4 aliphatic carbocycles. The Kier molecular flexibility index (Phi) is 6.41. The van der Waals surface area contributed by atoms with E-state index in [0.717, 1.165) is 38.0 Å². The zero-order chi connectivity index (χ0) is 21.8. The van der Waals surface area contributed by atoms with Gasteiger partial charge < -0.3 is 15.3 Å². The number of aliphatic hydroxyl groups excluding tert-OH is 3. The SMILES string of the molecule is CC(C)CCC[C@@H](C)[C@H]1CC[C@H]2[C@@H]3C(O)C[C@@H]4CC(O)CC[C@]4(C)[C@H]3CC(O)[C@]12C. The molecule has 0 saturated heterocycles. The first-order valence-electron chi connectivity index (χ1n) is 13.1. The fraction of sp³-hybridized carbons (Fsp3) is 1.00. The third-order valence-corrected chi connectivity index (χ3v) is 11.0. The van der Waals surface area contributed by atoms with Crippen LogP contribution < -0.4 is 0 Å². The fourth-order valence-corrected chi connectivity index (χ4v) is 9.18. The van der Waals surface area contributed by atoms with Gasteiger partial charge in [-0.1, -0.05) is 53.9 Å². The van der Waals surface area contributed by atoms with Crippen molar-refractivity contribution in [1.29, 1.82) is 0 Å². The van der Waals surface area contributed by atoms with E-state index in [1.54, 1.807) is 0 Å². The largest absolute Gasteiger partial charge is 0.393 e. The molecule has 174 valence electrons. The maximum absolute atomic E-state index is 11.6. The molecular formula is C27H48O3. The van der Waals surface area contributed by atoms with Crippen LogP contribution >= 0.6 is 0 Å². The van der Waals surface area contributed by atoms with Crippen molar-refractivity contribution >= 4 is 0 Å². The highest BCUT2D eigenvalue weighted by Gasteiger charge is 2.65. The van der Waals surface area contributed by atoms with E-state index in [4.69, 9.17) is 0 Å². The van der Waals surface area contributed by atoms with Crippen molar-refractivity contribution in [2.24, 2.45) is 52.3 Å². The molecule has 3 nitrogen and oxygen atoms in total. The minimum Gasteiger partial charge on any atom is -0.393 e. The number of fused-ring (bicyclic) bond motifs is 5. The molecule has 0 amide bonds. The standard InChI is InChI=1S/C27H48O3/c1-16(2)7-6-8-17(3)20-9-10-21-25-22(15-24(30)27(20,21)5)26(4)12-11-19(28)13-18(26)14-23(25)29/h16-25,28-30H,6-15H2,1-5H3/t17-,18+,19?,20-,21+,22+,23?,24?,25+,26+,27-/m1/s1. The lowest BCUT2D eigenvalue weighted by Gasteiger charge is -2.63. The van der Waals surface area contributed by atoms with E-state index >= 15 is 0 Å². The second kappa shape index (κ2) is 8.34. The Hall–Kier alpha value is -0.120. The molecule has 0 aliphatic heterocycles. The second-order valence-electron chi connectivity index (χ2n) is 12.8. The van der Waals surface area contributed by atoms with Crippen LogP contribution in [-0.2, 0) is 0 Å². The summed E-state index contributed by atoms with van der Waals surface area (Å²) in [6.45, 7) is 11.8. The molecule has 3 unspecified atom stereocenters. The molecule has 0 aromatic heterocycles. The van der Waals surface area contributed by atoms with Crippen LogP contribution in [0.5, 0.6) is 0 Å². The van der Waals surface area contributed by atoms with Gasteiger partial charge in [0.05, 0.1) is 18.3 Å². The van der Waals surface area contributed by atoms with Gasteiger partial charge >= 0.3 is 0 Å². The van der Waals surface area contributed by atoms with Crippen LogP contribution in [0.2, 0.25) is 0 Å². The Labute approximate surface area is 185 Å². The first kappa shape index (κ1) is 23.1. The van der Waals surface area contributed by atoms with Gasteiger partial charge in [0.1, 0.15) is 0 Å². The zero-order valence-corrected chi connectivity index (χ0v) is 20.2. The Balaban J connectivity index is 1.56. The Morgan fingerprint density at radius 1 is 0.867 bits per heavy atom. The van der Waals surface area contributed by atoms with Gasteiger partial charge in [-0.3, -0.25) is 0 Å². The van der Waals surface area contributed by atoms with Crippen LogP contribution in [0.15, 0.2) is 0 Å². The van der Waals surface area contributed by atoms with Gasteiger partial charge in [0.2, 0.25) is 0 Å². The third kappa shape index (κ3) is 3.59. The summed E-state index contributed by atoms with van der Waals surface area (Å²) in [5.41, 5.74) is 0.128. The lowest BCUT2D eigenvalue weighted by Crippen LogP contribution is -2.62. The predicted octanol–water partition coefficient (Wildman–Crippen LogP) is 5.41. The lowest BCUT2D eigenvalue weighted by molar-refractivity contribution is -0.207. The van der Waals surface area contributed by atoms with Gasteiger partial charge in [0, 0.05) is 0 Å². The first-order chi connectivity index (χ1) is 14.1. The molecule has 0 aromatic carbocycles. The fourth-order valence-electron chi connectivity index (χ4n) is 9.18. The smallest absolute Gasteiger partial charge is 0.0602 e. The predicted molar refractivity (Wildman–Crippen MR) is 122 cm³/mol. The van der Waals surface area contributed by atoms with Crippen molar-refractivity contribution < 1.29 is 15.3 Å². The molecule has 0 radical (unpaired) electrons. The Bertz CT molecular complexity index is 605. The summed E-state index contributed by atoms with van der Waals surface area (Å²) in [5.74, 6) is 3.59. The van der Waals surface area contributed by atoms with E-state index in [1.807, 2.05) is 0 Å². The van der Waals surface area contributed by atoms with Crippen molar-refractivity contribution in [3.63, 3.8) is 0 Å². The normalized spacial score (nSPS) is 51.9. The molecule has 3 N–H and O–H groups in total. The third-order valence-electron chi connectivity index (χ3n) is 11.0. The van der Waals surface area contributed by atoms with Gasteiger partial charge in [-0.15, -0.1) is 0 Å². The molecule has 0 spiro atoms. The Morgan fingerprint density at radius 2 is 1.60 bits per heavy atom. The van der Waals surface area contributed by atoms with Crippen molar-refractivity contribution in [2.45, 2.75) is 117 Å². The van der Waals surface area contributed by atoms with Crippen LogP contribution in [0.3, 0.4) is 0 Å². The zero-order valence-electron chi connectivity index (χ0n) is 20.2. The molecule has 3 heteroatoms. The van der Waals surface area contributed by atoms with Gasteiger partial charge in [-0.25, -0.2) is 0 Å². The molecule has 0 heterocycles. The summed E-state index contributed by atoms with van der Waals surface area (Å²) < 4.78 is 0. The average molecular weight is 421 g/mol. The van der Waals surface area contributed by atoms with E-state index in [1.165, 1.54) is 32.1 Å². The van der Waals surface area contributed by atoms with Gasteiger partial charge in [-0.2, -0.15) is 0 Å². The quantitative estimate of drug-likeness (QED) is 0.557. The summed E-state index contributed by atoms with van der Waals surface area (Å²) in [5, 5.41) is 33.2. The molecule has 11 atom stereocenters. The van der Waals surface area contributed by atoms with E-state index in [9.17, 15) is 15.3 Å². The number of rotatable bonds is 5. The highest BCUT2D eigenvalue weighted by Crippen LogP contribution is 2.68.